The molecule has 1 aromatic heterocycles. The summed E-state index contributed by atoms with van der Waals surface area (Å²) in [5.41, 5.74) is 9.51. The Morgan fingerprint density at radius 3 is 2.88 bits per heavy atom. The van der Waals surface area contributed by atoms with Gasteiger partial charge in [0.25, 0.3) is 0 Å². The average molecular weight is 309 g/mol. The molecule has 2 nitrogen and oxygen atoms in total. The smallest absolute Gasteiger partial charge is 0.113 e. The zero-order chi connectivity index (χ0) is 12.0. The molecule has 0 saturated heterocycles. The van der Waals surface area contributed by atoms with Crippen molar-refractivity contribution in [3.8, 4) is 11.3 Å². The summed E-state index contributed by atoms with van der Waals surface area (Å²) in [5.74, 6) is 0. The maximum Gasteiger partial charge on any atom is 0.113 e. The molecule has 1 aromatic carbocycles. The van der Waals surface area contributed by atoms with Crippen LogP contribution in [0.5, 0.6) is 0 Å². The minimum Gasteiger partial charge on any atom is -0.319 e. The molecule has 0 radical (unpaired) electrons. The summed E-state index contributed by atoms with van der Waals surface area (Å²) < 4.78 is 1.08. The lowest BCUT2D eigenvalue weighted by Gasteiger charge is -2.04. The van der Waals surface area contributed by atoms with Gasteiger partial charge in [-0.3, -0.25) is 0 Å². The molecule has 88 valence electrons. The Hall–Kier alpha value is -0.710. The van der Waals surface area contributed by atoms with Gasteiger partial charge in [-0.25, -0.2) is 4.98 Å². The number of aryl methyl sites for hydroxylation is 1. The van der Waals surface area contributed by atoms with E-state index in [-0.39, 0.29) is 5.54 Å². The standard InChI is InChI=1S/C13H13BrN2S/c1-8-2-3-9(14)6-10(8)11-7-17-12(16-11)13(15)4-5-13/h2-3,6-7H,4-5,15H2,1H3. The Balaban J connectivity index is 2.03. The fraction of sp³-hybridized carbons (Fsp3) is 0.308. The van der Waals surface area contributed by atoms with Gasteiger partial charge in [-0.1, -0.05) is 22.0 Å². The molecule has 0 spiro atoms. The van der Waals surface area contributed by atoms with E-state index in [0.29, 0.717) is 0 Å². The Morgan fingerprint density at radius 2 is 2.18 bits per heavy atom. The number of benzene rings is 1. The normalized spacial score (nSPS) is 17.1. The van der Waals surface area contributed by atoms with Crippen LogP contribution in [0, 0.1) is 6.92 Å². The fourth-order valence-electron chi connectivity index (χ4n) is 1.84. The number of halogens is 1. The monoisotopic (exact) mass is 308 g/mol. The molecule has 3 rings (SSSR count). The highest BCUT2D eigenvalue weighted by Gasteiger charge is 2.42. The Labute approximate surface area is 113 Å². The molecule has 4 heteroatoms. The molecule has 0 unspecified atom stereocenters. The summed E-state index contributed by atoms with van der Waals surface area (Å²) in [6.07, 6.45) is 2.13. The van der Waals surface area contributed by atoms with Crippen molar-refractivity contribution in [1.82, 2.24) is 4.98 Å². The van der Waals surface area contributed by atoms with Gasteiger partial charge >= 0.3 is 0 Å². The second-order valence-electron chi connectivity index (χ2n) is 4.65. The second-order valence-corrected chi connectivity index (χ2v) is 6.43. The average Bonchev–Trinajstić information content (AvgIpc) is 2.88. The number of nitrogens with two attached hydrogens (primary N) is 1. The highest BCUT2D eigenvalue weighted by atomic mass is 79.9. The summed E-state index contributed by atoms with van der Waals surface area (Å²) in [6.45, 7) is 2.11. The third-order valence-electron chi connectivity index (χ3n) is 3.19. The quantitative estimate of drug-likeness (QED) is 0.915. The van der Waals surface area contributed by atoms with Gasteiger partial charge in [0.1, 0.15) is 5.01 Å². The van der Waals surface area contributed by atoms with Crippen molar-refractivity contribution in [1.29, 1.82) is 0 Å². The first-order chi connectivity index (χ1) is 8.08. The molecular formula is C13H13BrN2S. The van der Waals surface area contributed by atoms with Gasteiger partial charge in [0.05, 0.1) is 11.2 Å². The SMILES string of the molecule is Cc1ccc(Br)cc1-c1csc(C2(N)CC2)n1. The molecule has 1 fully saturated rings. The Kier molecular flexibility index (Phi) is 2.61. The lowest BCUT2D eigenvalue weighted by atomic mass is 10.1. The summed E-state index contributed by atoms with van der Waals surface area (Å²) in [6, 6.07) is 6.27. The highest BCUT2D eigenvalue weighted by molar-refractivity contribution is 9.10. The maximum atomic E-state index is 6.17. The Bertz CT molecular complexity index is 573. The van der Waals surface area contributed by atoms with Crippen LogP contribution < -0.4 is 5.73 Å². The summed E-state index contributed by atoms with van der Waals surface area (Å²) in [4.78, 5) is 4.69. The Morgan fingerprint density at radius 1 is 1.41 bits per heavy atom. The molecule has 1 saturated carbocycles. The van der Waals surface area contributed by atoms with Crippen molar-refractivity contribution in [2.45, 2.75) is 25.3 Å². The third-order valence-corrected chi connectivity index (χ3v) is 4.75. The van der Waals surface area contributed by atoms with Gasteiger partial charge < -0.3 is 5.73 Å². The molecule has 2 N–H and O–H groups in total. The highest BCUT2D eigenvalue weighted by Crippen LogP contribution is 2.44. The number of thiazole rings is 1. The minimum absolute atomic E-state index is 0.122. The molecule has 1 aliphatic carbocycles. The van der Waals surface area contributed by atoms with Crippen LogP contribution in [0.4, 0.5) is 0 Å². The van der Waals surface area contributed by atoms with Crippen LogP contribution >= 0.6 is 27.3 Å². The maximum absolute atomic E-state index is 6.17. The molecular weight excluding hydrogens is 296 g/mol. The minimum atomic E-state index is -0.122. The molecule has 0 amide bonds. The zero-order valence-corrected chi connectivity index (χ0v) is 11.9. The number of nitrogens with zero attached hydrogens (tertiary/aromatic N) is 1. The van der Waals surface area contributed by atoms with Crippen LogP contribution in [0.15, 0.2) is 28.1 Å². The van der Waals surface area contributed by atoms with Gasteiger partial charge in [-0.05, 0) is 37.5 Å². The number of hydrogen-bond acceptors (Lipinski definition) is 3. The zero-order valence-electron chi connectivity index (χ0n) is 9.53. The van der Waals surface area contributed by atoms with Gasteiger partial charge in [0, 0.05) is 15.4 Å². The van der Waals surface area contributed by atoms with Crippen molar-refractivity contribution in [2.75, 3.05) is 0 Å². The van der Waals surface area contributed by atoms with E-state index in [0.717, 1.165) is 28.0 Å². The first kappa shape index (κ1) is 11.4. The van der Waals surface area contributed by atoms with E-state index < -0.39 is 0 Å². The van der Waals surface area contributed by atoms with Gasteiger partial charge in [-0.15, -0.1) is 11.3 Å². The topological polar surface area (TPSA) is 38.9 Å². The van der Waals surface area contributed by atoms with Crippen molar-refractivity contribution < 1.29 is 0 Å². The molecule has 17 heavy (non-hydrogen) atoms. The van der Waals surface area contributed by atoms with E-state index in [4.69, 9.17) is 5.73 Å². The molecule has 0 bridgehead atoms. The van der Waals surface area contributed by atoms with Crippen molar-refractivity contribution in [2.24, 2.45) is 5.73 Å². The van der Waals surface area contributed by atoms with Crippen LogP contribution in [-0.2, 0) is 5.54 Å². The van der Waals surface area contributed by atoms with Crippen LogP contribution in [0.2, 0.25) is 0 Å². The van der Waals surface area contributed by atoms with Crippen LogP contribution in [-0.4, -0.2) is 4.98 Å². The lowest BCUT2D eigenvalue weighted by Crippen LogP contribution is -2.18. The predicted molar refractivity (Wildman–Crippen MR) is 75.1 cm³/mol. The number of hydrogen-bond donors (Lipinski definition) is 1. The van der Waals surface area contributed by atoms with Gasteiger partial charge in [0.2, 0.25) is 0 Å². The fourth-order valence-corrected chi connectivity index (χ4v) is 3.20. The van der Waals surface area contributed by atoms with Crippen molar-refractivity contribution >= 4 is 27.3 Å². The van der Waals surface area contributed by atoms with Gasteiger partial charge in [0.15, 0.2) is 0 Å². The van der Waals surface area contributed by atoms with Gasteiger partial charge in [-0.2, -0.15) is 0 Å². The first-order valence-corrected chi connectivity index (χ1v) is 7.27. The number of rotatable bonds is 2. The molecule has 1 aliphatic rings. The molecule has 0 atom stereocenters. The first-order valence-electron chi connectivity index (χ1n) is 5.60. The second kappa shape index (κ2) is 3.90. The van der Waals surface area contributed by atoms with Crippen LogP contribution in [0.3, 0.4) is 0 Å². The summed E-state index contributed by atoms with van der Waals surface area (Å²) >= 11 is 5.18. The molecule has 2 aromatic rings. The van der Waals surface area contributed by atoms with E-state index in [1.165, 1.54) is 11.1 Å². The molecule has 0 aliphatic heterocycles. The van der Waals surface area contributed by atoms with Crippen LogP contribution in [0.25, 0.3) is 11.3 Å². The third kappa shape index (κ3) is 2.05. The summed E-state index contributed by atoms with van der Waals surface area (Å²) in [5, 5.41) is 3.18. The lowest BCUT2D eigenvalue weighted by molar-refractivity contribution is 0.732. The largest absolute Gasteiger partial charge is 0.319 e. The van der Waals surface area contributed by atoms with E-state index in [9.17, 15) is 0 Å². The van der Waals surface area contributed by atoms with E-state index in [1.54, 1.807) is 11.3 Å². The van der Waals surface area contributed by atoms with E-state index >= 15 is 0 Å². The van der Waals surface area contributed by atoms with Crippen molar-refractivity contribution in [3.05, 3.63) is 38.6 Å². The summed E-state index contributed by atoms with van der Waals surface area (Å²) in [7, 11) is 0. The van der Waals surface area contributed by atoms with Crippen LogP contribution in [0.1, 0.15) is 23.4 Å². The van der Waals surface area contributed by atoms with E-state index in [2.05, 4.69) is 51.4 Å². The van der Waals surface area contributed by atoms with Crippen molar-refractivity contribution in [3.63, 3.8) is 0 Å². The molecule has 1 heterocycles. The predicted octanol–water partition coefficient (Wildman–Crippen LogP) is 3.83. The van der Waals surface area contributed by atoms with E-state index in [1.807, 2.05) is 0 Å². The number of aromatic nitrogens is 1.